The van der Waals surface area contributed by atoms with Gasteiger partial charge in [-0.05, 0) is 25.2 Å². The van der Waals surface area contributed by atoms with Gasteiger partial charge in [0.05, 0.1) is 20.3 Å². The highest BCUT2D eigenvalue weighted by atomic mass is 16.5. The maximum absolute atomic E-state index is 11.9. The van der Waals surface area contributed by atoms with E-state index in [1.165, 1.54) is 7.11 Å². The Morgan fingerprint density at radius 1 is 1.38 bits per heavy atom. The number of hydrogen-bond acceptors (Lipinski definition) is 6. The number of amides is 1. The van der Waals surface area contributed by atoms with Gasteiger partial charge in [-0.1, -0.05) is 13.8 Å². The lowest BCUT2D eigenvalue weighted by Gasteiger charge is -2.16. The summed E-state index contributed by atoms with van der Waals surface area (Å²) >= 11 is 0. The van der Waals surface area contributed by atoms with Crippen LogP contribution in [-0.2, 0) is 16.1 Å². The zero-order valence-electron chi connectivity index (χ0n) is 12.6. The van der Waals surface area contributed by atoms with Crippen LogP contribution in [-0.4, -0.2) is 54.7 Å². The van der Waals surface area contributed by atoms with Crippen LogP contribution >= 0.6 is 0 Å². The van der Waals surface area contributed by atoms with Crippen molar-refractivity contribution in [2.45, 2.75) is 26.4 Å². The third kappa shape index (κ3) is 4.87. The Bertz CT molecular complexity index is 468. The molecule has 1 aromatic rings. The first-order valence-corrected chi connectivity index (χ1v) is 6.86. The van der Waals surface area contributed by atoms with Crippen LogP contribution in [0.1, 0.15) is 30.2 Å². The van der Waals surface area contributed by atoms with Crippen molar-refractivity contribution in [3.05, 3.63) is 23.7 Å². The van der Waals surface area contributed by atoms with Gasteiger partial charge in [-0.3, -0.25) is 9.69 Å². The first kappa shape index (κ1) is 17.2. The molecule has 2 N–H and O–H groups in total. The fourth-order valence-electron chi connectivity index (χ4n) is 1.80. The molecule has 21 heavy (non-hydrogen) atoms. The van der Waals surface area contributed by atoms with E-state index < -0.39 is 24.5 Å². The van der Waals surface area contributed by atoms with Crippen LogP contribution in [0.25, 0.3) is 0 Å². The molecule has 1 atom stereocenters. The molecular formula is C14H22N2O5. The highest BCUT2D eigenvalue weighted by molar-refractivity contribution is 5.94. The Morgan fingerprint density at radius 2 is 2.05 bits per heavy atom. The SMILES string of the molecule is CCN(CC)Cc1ccc(C(=O)NC(CO)C(=O)OC)o1. The number of furan rings is 1. The highest BCUT2D eigenvalue weighted by Gasteiger charge is 2.22. The Hall–Kier alpha value is -1.86. The lowest BCUT2D eigenvalue weighted by atomic mass is 10.3. The van der Waals surface area contributed by atoms with E-state index in [1.54, 1.807) is 12.1 Å². The van der Waals surface area contributed by atoms with Crippen molar-refractivity contribution in [3.63, 3.8) is 0 Å². The third-order valence-electron chi connectivity index (χ3n) is 3.13. The molecule has 0 aliphatic heterocycles. The van der Waals surface area contributed by atoms with Crippen LogP contribution in [0.3, 0.4) is 0 Å². The van der Waals surface area contributed by atoms with Crippen LogP contribution in [0.4, 0.5) is 0 Å². The van der Waals surface area contributed by atoms with E-state index >= 15 is 0 Å². The number of rotatable bonds is 8. The van der Waals surface area contributed by atoms with Gasteiger partial charge in [0.1, 0.15) is 5.76 Å². The van der Waals surface area contributed by atoms with E-state index in [2.05, 4.69) is 15.0 Å². The molecule has 1 amide bonds. The number of carbonyl (C=O) groups excluding carboxylic acids is 2. The van der Waals surface area contributed by atoms with Gasteiger partial charge in [-0.15, -0.1) is 0 Å². The molecule has 1 unspecified atom stereocenters. The summed E-state index contributed by atoms with van der Waals surface area (Å²) in [5.41, 5.74) is 0. The van der Waals surface area contributed by atoms with Crippen LogP contribution < -0.4 is 5.32 Å². The fraction of sp³-hybridized carbons (Fsp3) is 0.571. The average molecular weight is 298 g/mol. The summed E-state index contributed by atoms with van der Waals surface area (Å²) in [6.07, 6.45) is 0. The molecule has 0 saturated heterocycles. The summed E-state index contributed by atoms with van der Waals surface area (Å²) in [5.74, 6) is -0.506. The lowest BCUT2D eigenvalue weighted by molar-refractivity contribution is -0.143. The molecule has 0 bridgehead atoms. The summed E-state index contributed by atoms with van der Waals surface area (Å²) < 4.78 is 9.93. The van der Waals surface area contributed by atoms with E-state index in [4.69, 9.17) is 9.52 Å². The molecule has 7 heteroatoms. The van der Waals surface area contributed by atoms with Gasteiger partial charge in [-0.2, -0.15) is 0 Å². The van der Waals surface area contributed by atoms with Crippen molar-refractivity contribution < 1.29 is 23.8 Å². The van der Waals surface area contributed by atoms with Gasteiger partial charge in [0.2, 0.25) is 0 Å². The number of hydrogen-bond donors (Lipinski definition) is 2. The molecule has 0 aliphatic carbocycles. The smallest absolute Gasteiger partial charge is 0.330 e. The van der Waals surface area contributed by atoms with Crippen LogP contribution in [0.15, 0.2) is 16.5 Å². The molecule has 118 valence electrons. The standard InChI is InChI=1S/C14H22N2O5/c1-4-16(5-2)8-10-6-7-12(21-10)13(18)15-11(9-17)14(19)20-3/h6-7,11,17H,4-5,8-9H2,1-3H3,(H,15,18). The van der Waals surface area contributed by atoms with Crippen molar-refractivity contribution in [1.82, 2.24) is 10.2 Å². The minimum Gasteiger partial charge on any atom is -0.467 e. The Labute approximate surface area is 123 Å². The molecule has 0 aliphatic rings. The number of nitrogens with one attached hydrogen (secondary N) is 1. The van der Waals surface area contributed by atoms with Gasteiger partial charge < -0.3 is 19.6 Å². The number of methoxy groups -OCH3 is 1. The molecule has 0 saturated carbocycles. The third-order valence-corrected chi connectivity index (χ3v) is 3.13. The second kappa shape index (κ2) is 8.43. The van der Waals surface area contributed by atoms with Gasteiger partial charge in [-0.25, -0.2) is 4.79 Å². The van der Waals surface area contributed by atoms with Gasteiger partial charge in [0.15, 0.2) is 11.8 Å². The lowest BCUT2D eigenvalue weighted by Crippen LogP contribution is -2.43. The van der Waals surface area contributed by atoms with Crippen LogP contribution in [0.5, 0.6) is 0 Å². The first-order valence-electron chi connectivity index (χ1n) is 6.86. The second-order valence-electron chi connectivity index (χ2n) is 4.46. The fourth-order valence-corrected chi connectivity index (χ4v) is 1.80. The molecule has 0 radical (unpaired) electrons. The maximum atomic E-state index is 11.9. The second-order valence-corrected chi connectivity index (χ2v) is 4.46. The molecular weight excluding hydrogens is 276 g/mol. The first-order chi connectivity index (χ1) is 10.0. The molecule has 1 rings (SSSR count). The minimum absolute atomic E-state index is 0.0968. The van der Waals surface area contributed by atoms with Crippen molar-refractivity contribution in [2.75, 3.05) is 26.8 Å². The van der Waals surface area contributed by atoms with E-state index in [1.807, 2.05) is 13.8 Å². The number of aliphatic hydroxyl groups excluding tert-OH is 1. The number of esters is 1. The van der Waals surface area contributed by atoms with Crippen LogP contribution in [0.2, 0.25) is 0 Å². The topological polar surface area (TPSA) is 92.0 Å². The van der Waals surface area contributed by atoms with E-state index in [9.17, 15) is 9.59 Å². The number of aliphatic hydroxyl groups is 1. The summed E-state index contributed by atoms with van der Waals surface area (Å²) in [6, 6.07) is 2.16. The van der Waals surface area contributed by atoms with Crippen LogP contribution in [0, 0.1) is 0 Å². The predicted octanol–water partition coefficient (Wildman–Crippen LogP) is 0.385. The van der Waals surface area contributed by atoms with Crippen molar-refractivity contribution in [1.29, 1.82) is 0 Å². The number of nitrogens with zero attached hydrogens (tertiary/aromatic N) is 1. The van der Waals surface area contributed by atoms with E-state index in [-0.39, 0.29) is 5.76 Å². The Balaban J connectivity index is 2.67. The molecule has 0 aromatic carbocycles. The molecule has 1 heterocycles. The summed E-state index contributed by atoms with van der Waals surface area (Å²) in [7, 11) is 1.19. The molecule has 0 spiro atoms. The van der Waals surface area contributed by atoms with Gasteiger partial charge >= 0.3 is 5.97 Å². The monoisotopic (exact) mass is 298 g/mol. The molecule has 0 fully saturated rings. The average Bonchev–Trinajstić information content (AvgIpc) is 2.97. The minimum atomic E-state index is -1.10. The quantitative estimate of drug-likeness (QED) is 0.674. The summed E-state index contributed by atoms with van der Waals surface area (Å²) in [5, 5.41) is 11.4. The zero-order valence-corrected chi connectivity index (χ0v) is 12.6. The van der Waals surface area contributed by atoms with Crippen molar-refractivity contribution in [3.8, 4) is 0 Å². The van der Waals surface area contributed by atoms with E-state index in [0.29, 0.717) is 12.3 Å². The van der Waals surface area contributed by atoms with Crippen molar-refractivity contribution >= 4 is 11.9 Å². The predicted molar refractivity (Wildman–Crippen MR) is 75.7 cm³/mol. The zero-order chi connectivity index (χ0) is 15.8. The molecule has 1 aromatic heterocycles. The Morgan fingerprint density at radius 3 is 2.57 bits per heavy atom. The van der Waals surface area contributed by atoms with Crippen molar-refractivity contribution in [2.24, 2.45) is 0 Å². The van der Waals surface area contributed by atoms with Gasteiger partial charge in [0.25, 0.3) is 5.91 Å². The maximum Gasteiger partial charge on any atom is 0.330 e. The molecule has 7 nitrogen and oxygen atoms in total. The number of carbonyl (C=O) groups is 2. The van der Waals surface area contributed by atoms with Gasteiger partial charge in [0, 0.05) is 0 Å². The normalized spacial score (nSPS) is 12.2. The van der Waals surface area contributed by atoms with E-state index in [0.717, 1.165) is 13.1 Å². The summed E-state index contributed by atoms with van der Waals surface area (Å²) in [6.45, 7) is 5.93. The largest absolute Gasteiger partial charge is 0.467 e. The highest BCUT2D eigenvalue weighted by Crippen LogP contribution is 2.11. The number of ether oxygens (including phenoxy) is 1. The summed E-state index contributed by atoms with van der Waals surface area (Å²) in [4.78, 5) is 25.4. The Kier molecular flexibility index (Phi) is 6.90.